The Morgan fingerprint density at radius 2 is 2.20 bits per heavy atom. The molecule has 5 heteroatoms. The molecule has 0 saturated carbocycles. The maximum absolute atomic E-state index is 9.45. The van der Waals surface area contributed by atoms with Crippen LogP contribution in [0.15, 0.2) is 23.7 Å². The molecule has 0 aliphatic rings. The molecule has 0 spiro atoms. The molecule has 2 aromatic rings. The van der Waals surface area contributed by atoms with Crippen molar-refractivity contribution in [2.45, 2.75) is 39.8 Å². The Morgan fingerprint density at radius 3 is 2.80 bits per heavy atom. The third kappa shape index (κ3) is 4.66. The van der Waals surface area contributed by atoms with Gasteiger partial charge in [0, 0.05) is 23.7 Å². The average molecular weight is 310 g/mol. The van der Waals surface area contributed by atoms with Crippen LogP contribution >= 0.6 is 22.7 Å². The van der Waals surface area contributed by atoms with E-state index in [4.69, 9.17) is 0 Å². The van der Waals surface area contributed by atoms with E-state index in [0.29, 0.717) is 0 Å². The van der Waals surface area contributed by atoms with E-state index in [-0.39, 0.29) is 18.1 Å². The number of aliphatic hydroxyl groups excluding tert-OH is 1. The minimum absolute atomic E-state index is 0.141. The van der Waals surface area contributed by atoms with E-state index in [0.717, 1.165) is 18.0 Å². The van der Waals surface area contributed by atoms with Crippen LogP contribution in [0.1, 0.15) is 32.1 Å². The van der Waals surface area contributed by atoms with E-state index in [1.54, 1.807) is 22.7 Å². The van der Waals surface area contributed by atoms with Gasteiger partial charge in [-0.05, 0) is 23.3 Å². The topological polar surface area (TPSA) is 45.1 Å². The number of hydrogen-bond acceptors (Lipinski definition) is 5. The van der Waals surface area contributed by atoms with Crippen molar-refractivity contribution in [2.75, 3.05) is 6.61 Å². The number of nitrogens with one attached hydrogen (secondary N) is 1. The molecule has 0 amide bonds. The Balaban J connectivity index is 1.90. The van der Waals surface area contributed by atoms with Crippen LogP contribution in [0.25, 0.3) is 9.88 Å². The van der Waals surface area contributed by atoms with Crippen LogP contribution in [0.4, 0.5) is 0 Å². The van der Waals surface area contributed by atoms with Crippen molar-refractivity contribution < 1.29 is 5.11 Å². The second kappa shape index (κ2) is 6.80. The molecule has 0 radical (unpaired) electrons. The summed E-state index contributed by atoms with van der Waals surface area (Å²) in [4.78, 5) is 6.89. The van der Waals surface area contributed by atoms with Crippen LogP contribution in [0.5, 0.6) is 0 Å². The van der Waals surface area contributed by atoms with Crippen LogP contribution in [-0.2, 0) is 6.54 Å². The molecule has 0 fully saturated rings. The quantitative estimate of drug-likeness (QED) is 0.854. The third-order valence-corrected chi connectivity index (χ3v) is 4.97. The molecule has 1 atom stereocenters. The molecule has 2 heterocycles. The summed E-state index contributed by atoms with van der Waals surface area (Å²) in [5.74, 6) is 0. The molecule has 0 aliphatic heterocycles. The minimum atomic E-state index is 0.141. The van der Waals surface area contributed by atoms with Gasteiger partial charge in [-0.2, -0.15) is 0 Å². The summed E-state index contributed by atoms with van der Waals surface area (Å²) in [6.45, 7) is 7.52. The van der Waals surface area contributed by atoms with Gasteiger partial charge in [0.2, 0.25) is 0 Å². The van der Waals surface area contributed by atoms with Crippen molar-refractivity contribution in [3.8, 4) is 9.88 Å². The number of thiophene rings is 1. The van der Waals surface area contributed by atoms with Crippen molar-refractivity contribution >= 4 is 22.7 Å². The van der Waals surface area contributed by atoms with Gasteiger partial charge in [-0.15, -0.1) is 22.7 Å². The third-order valence-electron chi connectivity index (χ3n) is 2.93. The van der Waals surface area contributed by atoms with Gasteiger partial charge in [-0.25, -0.2) is 4.98 Å². The number of aromatic nitrogens is 1. The molecule has 3 nitrogen and oxygen atoms in total. The van der Waals surface area contributed by atoms with E-state index < -0.39 is 0 Å². The number of rotatable bonds is 6. The molecule has 110 valence electrons. The summed E-state index contributed by atoms with van der Waals surface area (Å²) in [5, 5.41) is 16.0. The predicted octanol–water partition coefficient (Wildman–Crippen LogP) is 3.76. The van der Waals surface area contributed by atoms with Gasteiger partial charge in [0.05, 0.1) is 11.5 Å². The van der Waals surface area contributed by atoms with E-state index in [1.165, 1.54) is 9.75 Å². The van der Waals surface area contributed by atoms with Crippen LogP contribution in [0.2, 0.25) is 0 Å². The molecule has 1 unspecified atom stereocenters. The first-order valence-electron chi connectivity index (χ1n) is 6.81. The molecule has 2 N–H and O–H groups in total. The number of nitrogens with zero attached hydrogens (tertiary/aromatic N) is 1. The normalized spacial score (nSPS) is 13.6. The van der Waals surface area contributed by atoms with Gasteiger partial charge in [-0.3, -0.25) is 0 Å². The van der Waals surface area contributed by atoms with Crippen molar-refractivity contribution in [3.63, 3.8) is 0 Å². The van der Waals surface area contributed by atoms with Gasteiger partial charge in [0.25, 0.3) is 0 Å². The van der Waals surface area contributed by atoms with Crippen LogP contribution < -0.4 is 5.32 Å². The summed E-state index contributed by atoms with van der Waals surface area (Å²) in [6, 6.07) is 4.28. The molecule has 0 bridgehead atoms. The Hall–Kier alpha value is -0.750. The zero-order valence-electron chi connectivity index (χ0n) is 12.2. The van der Waals surface area contributed by atoms with Gasteiger partial charge in [0.1, 0.15) is 5.01 Å². The Kier molecular flexibility index (Phi) is 5.32. The standard InChI is InChI=1S/C15H22N2OS2/c1-15(2,3)7-11(10-18)16-8-12-9-17-14(20-12)13-5-4-6-19-13/h4-6,9,11,16,18H,7-8,10H2,1-3H3. The highest BCUT2D eigenvalue weighted by Crippen LogP contribution is 2.29. The number of hydrogen-bond donors (Lipinski definition) is 2. The largest absolute Gasteiger partial charge is 0.395 e. The maximum Gasteiger partial charge on any atom is 0.133 e. The second-order valence-electron chi connectivity index (χ2n) is 6.13. The lowest BCUT2D eigenvalue weighted by atomic mass is 9.88. The fraction of sp³-hybridized carbons (Fsp3) is 0.533. The van der Waals surface area contributed by atoms with Crippen molar-refractivity contribution in [2.24, 2.45) is 5.41 Å². The number of aliphatic hydroxyl groups is 1. The first kappa shape index (κ1) is 15.6. The zero-order valence-corrected chi connectivity index (χ0v) is 13.9. The Morgan fingerprint density at radius 1 is 1.40 bits per heavy atom. The highest BCUT2D eigenvalue weighted by atomic mass is 32.1. The zero-order chi connectivity index (χ0) is 14.6. The molecule has 2 aromatic heterocycles. The second-order valence-corrected chi connectivity index (χ2v) is 8.20. The van der Waals surface area contributed by atoms with Crippen LogP contribution in [0, 0.1) is 5.41 Å². The lowest BCUT2D eigenvalue weighted by Crippen LogP contribution is -2.35. The van der Waals surface area contributed by atoms with Crippen LogP contribution in [-0.4, -0.2) is 22.7 Å². The summed E-state index contributed by atoms with van der Waals surface area (Å²) in [7, 11) is 0. The van der Waals surface area contributed by atoms with E-state index >= 15 is 0 Å². The lowest BCUT2D eigenvalue weighted by molar-refractivity contribution is 0.198. The molecule has 0 aliphatic carbocycles. The summed E-state index contributed by atoms with van der Waals surface area (Å²) in [6.07, 6.45) is 2.89. The fourth-order valence-corrected chi connectivity index (χ4v) is 3.76. The highest BCUT2D eigenvalue weighted by Gasteiger charge is 2.18. The van der Waals surface area contributed by atoms with Crippen molar-refractivity contribution in [3.05, 3.63) is 28.6 Å². The minimum Gasteiger partial charge on any atom is -0.395 e. The van der Waals surface area contributed by atoms with Crippen molar-refractivity contribution in [1.82, 2.24) is 10.3 Å². The smallest absolute Gasteiger partial charge is 0.133 e. The van der Waals surface area contributed by atoms with E-state index in [9.17, 15) is 5.11 Å². The van der Waals surface area contributed by atoms with Gasteiger partial charge < -0.3 is 10.4 Å². The fourth-order valence-electron chi connectivity index (χ4n) is 2.09. The lowest BCUT2D eigenvalue weighted by Gasteiger charge is -2.25. The first-order chi connectivity index (χ1) is 9.48. The van der Waals surface area contributed by atoms with E-state index in [1.807, 2.05) is 12.3 Å². The van der Waals surface area contributed by atoms with Gasteiger partial charge >= 0.3 is 0 Å². The maximum atomic E-state index is 9.45. The summed E-state index contributed by atoms with van der Waals surface area (Å²) >= 11 is 3.43. The SMILES string of the molecule is CC(C)(C)CC(CO)NCc1cnc(-c2cccs2)s1. The molecule has 2 rings (SSSR count). The first-order valence-corrected chi connectivity index (χ1v) is 8.50. The Bertz CT molecular complexity index is 514. The predicted molar refractivity (Wildman–Crippen MR) is 87.2 cm³/mol. The summed E-state index contributed by atoms with van der Waals surface area (Å²) < 4.78 is 0. The molecular formula is C15H22N2OS2. The van der Waals surface area contributed by atoms with Gasteiger partial charge in [-0.1, -0.05) is 26.8 Å². The highest BCUT2D eigenvalue weighted by molar-refractivity contribution is 7.20. The monoisotopic (exact) mass is 310 g/mol. The average Bonchev–Trinajstić information content (AvgIpc) is 3.03. The molecule has 0 aromatic carbocycles. The Labute approximate surface area is 128 Å². The summed E-state index contributed by atoms with van der Waals surface area (Å²) in [5.41, 5.74) is 0.218. The molecule has 0 saturated heterocycles. The van der Waals surface area contributed by atoms with Gasteiger partial charge in [0.15, 0.2) is 0 Å². The number of thiazole rings is 1. The van der Waals surface area contributed by atoms with Crippen molar-refractivity contribution in [1.29, 1.82) is 0 Å². The molecular weight excluding hydrogens is 288 g/mol. The molecule has 20 heavy (non-hydrogen) atoms. The van der Waals surface area contributed by atoms with Crippen LogP contribution in [0.3, 0.4) is 0 Å². The van der Waals surface area contributed by atoms with E-state index in [2.05, 4.69) is 42.5 Å².